The summed E-state index contributed by atoms with van der Waals surface area (Å²) in [7, 11) is 0. The summed E-state index contributed by atoms with van der Waals surface area (Å²) >= 11 is 0. The highest BCUT2D eigenvalue weighted by molar-refractivity contribution is 5.69. The molecule has 324 valence electrons. The van der Waals surface area contributed by atoms with Gasteiger partial charge in [-0.25, -0.2) is 28.1 Å². The Labute approximate surface area is 341 Å². The van der Waals surface area contributed by atoms with Crippen LogP contribution in [-0.4, -0.2) is 51.4 Å². The molecule has 0 radical (unpaired) electrons. The second-order valence-corrected chi connectivity index (χ2v) is 14.9. The van der Waals surface area contributed by atoms with Gasteiger partial charge in [0.05, 0.1) is 19.6 Å². The van der Waals surface area contributed by atoms with Gasteiger partial charge in [-0.1, -0.05) is 115 Å². The molecule has 0 aliphatic carbocycles. The van der Waals surface area contributed by atoms with Crippen molar-refractivity contribution in [1.29, 1.82) is 0 Å². The van der Waals surface area contributed by atoms with Crippen molar-refractivity contribution in [2.45, 2.75) is 193 Å². The number of unbranched alkanes of at least 4 members (excludes halogenated alkanes) is 21. The van der Waals surface area contributed by atoms with Gasteiger partial charge in [0, 0.05) is 19.3 Å². The molecule has 0 unspecified atom stereocenters. The zero-order valence-corrected chi connectivity index (χ0v) is 35.2. The molecular weight excluding hydrogens is 727 g/mol. The van der Waals surface area contributed by atoms with E-state index < -0.39 is 35.0 Å². The molecule has 1 rings (SSSR count). The van der Waals surface area contributed by atoms with Crippen molar-refractivity contribution >= 4 is 17.9 Å². The standard InChI is InChI=1S/C45H75N3O9/c1-4-7-10-13-16-19-22-25-28-31-40(49)55-37-34-46-43(52)47(35-38-56-41(50)32-29-26-23-20-17-14-11-8-5-2)45(54)48(44(46)53)36-39-57-42(51)33-30-27-24-21-18-15-12-9-6-3/h4-6H,1-3,7-39H2. The van der Waals surface area contributed by atoms with E-state index in [1.165, 1.54) is 19.3 Å². The maximum atomic E-state index is 13.4. The highest BCUT2D eigenvalue weighted by atomic mass is 16.5. The van der Waals surface area contributed by atoms with E-state index in [1.54, 1.807) is 0 Å². The molecule has 0 bridgehead atoms. The number of nitrogens with zero attached hydrogens (tertiary/aromatic N) is 3. The molecule has 1 heterocycles. The molecule has 0 fully saturated rings. The number of hydrogen-bond donors (Lipinski definition) is 0. The lowest BCUT2D eigenvalue weighted by molar-refractivity contribution is -0.144. The topological polar surface area (TPSA) is 145 Å². The van der Waals surface area contributed by atoms with Gasteiger partial charge in [0.2, 0.25) is 0 Å². The van der Waals surface area contributed by atoms with Crippen LogP contribution in [0.25, 0.3) is 0 Å². The van der Waals surface area contributed by atoms with Crippen LogP contribution in [0.2, 0.25) is 0 Å². The van der Waals surface area contributed by atoms with Gasteiger partial charge < -0.3 is 14.2 Å². The van der Waals surface area contributed by atoms with Crippen molar-refractivity contribution in [2.75, 3.05) is 19.8 Å². The summed E-state index contributed by atoms with van der Waals surface area (Å²) in [5.41, 5.74) is -2.69. The van der Waals surface area contributed by atoms with Crippen LogP contribution >= 0.6 is 0 Å². The first-order chi connectivity index (χ1) is 27.8. The third-order valence-electron chi connectivity index (χ3n) is 9.99. The van der Waals surface area contributed by atoms with Gasteiger partial charge in [-0.15, -0.1) is 19.7 Å². The molecule has 0 N–H and O–H groups in total. The first kappa shape index (κ1) is 51.1. The quantitative estimate of drug-likeness (QED) is 0.0276. The average Bonchev–Trinajstić information content (AvgIpc) is 3.19. The lowest BCUT2D eigenvalue weighted by atomic mass is 10.1. The average molecular weight is 802 g/mol. The van der Waals surface area contributed by atoms with Crippen molar-refractivity contribution in [3.8, 4) is 0 Å². The van der Waals surface area contributed by atoms with E-state index in [2.05, 4.69) is 19.7 Å². The minimum atomic E-state index is -0.896. The molecule has 12 nitrogen and oxygen atoms in total. The maximum absolute atomic E-state index is 13.4. The molecule has 0 amide bonds. The van der Waals surface area contributed by atoms with Gasteiger partial charge in [0.1, 0.15) is 19.8 Å². The fourth-order valence-electron chi connectivity index (χ4n) is 6.55. The predicted molar refractivity (Wildman–Crippen MR) is 227 cm³/mol. The summed E-state index contributed by atoms with van der Waals surface area (Å²) in [6.07, 6.45) is 31.3. The summed E-state index contributed by atoms with van der Waals surface area (Å²) < 4.78 is 18.5. The molecule has 0 saturated carbocycles. The van der Waals surface area contributed by atoms with Crippen LogP contribution in [0.4, 0.5) is 0 Å². The maximum Gasteiger partial charge on any atom is 0.336 e. The zero-order valence-electron chi connectivity index (χ0n) is 35.2. The second kappa shape index (κ2) is 35.2. The van der Waals surface area contributed by atoms with Crippen molar-refractivity contribution in [2.24, 2.45) is 0 Å². The summed E-state index contributed by atoms with van der Waals surface area (Å²) in [6.45, 7) is 9.72. The Morgan fingerprint density at radius 1 is 0.368 bits per heavy atom. The monoisotopic (exact) mass is 802 g/mol. The summed E-state index contributed by atoms with van der Waals surface area (Å²) in [5.74, 6) is -1.27. The number of carbonyl (C=O) groups is 3. The van der Waals surface area contributed by atoms with Crippen molar-refractivity contribution in [3.05, 3.63) is 69.4 Å². The van der Waals surface area contributed by atoms with E-state index in [9.17, 15) is 28.8 Å². The molecular formula is C45H75N3O9. The van der Waals surface area contributed by atoms with Crippen molar-refractivity contribution < 1.29 is 28.6 Å². The van der Waals surface area contributed by atoms with Crippen LogP contribution in [0.1, 0.15) is 173 Å². The van der Waals surface area contributed by atoms with Crippen LogP contribution < -0.4 is 17.1 Å². The Hall–Kier alpha value is -3.96. The Bertz CT molecular complexity index is 1260. The lowest BCUT2D eigenvalue weighted by Gasteiger charge is -2.14. The molecule has 0 aliphatic rings. The normalized spacial score (nSPS) is 10.9. The third-order valence-corrected chi connectivity index (χ3v) is 9.99. The molecule has 0 aliphatic heterocycles. The van der Waals surface area contributed by atoms with Crippen molar-refractivity contribution in [1.82, 2.24) is 13.7 Å². The van der Waals surface area contributed by atoms with Gasteiger partial charge in [0.25, 0.3) is 0 Å². The number of hydrogen-bond acceptors (Lipinski definition) is 9. The Morgan fingerprint density at radius 2 is 0.579 bits per heavy atom. The summed E-state index contributed by atoms with van der Waals surface area (Å²) in [4.78, 5) is 77.4. The van der Waals surface area contributed by atoms with E-state index in [-0.39, 0.29) is 58.7 Å². The lowest BCUT2D eigenvalue weighted by Crippen LogP contribution is -2.55. The molecule has 0 saturated heterocycles. The molecule has 0 aromatic carbocycles. The van der Waals surface area contributed by atoms with Gasteiger partial charge >= 0.3 is 35.0 Å². The van der Waals surface area contributed by atoms with Crippen LogP contribution in [-0.2, 0) is 48.2 Å². The molecule has 57 heavy (non-hydrogen) atoms. The fourth-order valence-corrected chi connectivity index (χ4v) is 6.55. The largest absolute Gasteiger partial charge is 0.464 e. The third kappa shape index (κ3) is 25.8. The zero-order chi connectivity index (χ0) is 41.8. The highest BCUT2D eigenvalue weighted by Gasteiger charge is 2.17. The summed E-state index contributed by atoms with van der Waals surface area (Å²) in [5, 5.41) is 0. The van der Waals surface area contributed by atoms with E-state index in [0.717, 1.165) is 129 Å². The number of ether oxygens (including phenoxy) is 3. The van der Waals surface area contributed by atoms with Crippen LogP contribution in [0.3, 0.4) is 0 Å². The van der Waals surface area contributed by atoms with Gasteiger partial charge in [-0.3, -0.25) is 14.4 Å². The van der Waals surface area contributed by atoms with E-state index in [0.29, 0.717) is 19.3 Å². The van der Waals surface area contributed by atoms with E-state index >= 15 is 0 Å². The van der Waals surface area contributed by atoms with Gasteiger partial charge in [-0.2, -0.15) is 0 Å². The number of esters is 3. The molecule has 12 heteroatoms. The van der Waals surface area contributed by atoms with Crippen LogP contribution in [0.5, 0.6) is 0 Å². The Balaban J connectivity index is 2.74. The fraction of sp³-hybridized carbons (Fsp3) is 0.733. The van der Waals surface area contributed by atoms with Gasteiger partial charge in [-0.05, 0) is 57.8 Å². The number of allylic oxidation sites excluding steroid dienone is 3. The molecule has 1 aromatic rings. The number of rotatable bonds is 39. The number of aromatic nitrogens is 3. The molecule has 0 spiro atoms. The van der Waals surface area contributed by atoms with Gasteiger partial charge in [0.15, 0.2) is 0 Å². The predicted octanol–water partition coefficient (Wildman–Crippen LogP) is 8.89. The molecule has 1 aromatic heterocycles. The highest BCUT2D eigenvalue weighted by Crippen LogP contribution is 2.12. The SMILES string of the molecule is C=CCCCCCCCCCC(=O)OCCn1c(=O)n(CCOC(=O)CCCCCCCCCC=C)c(=O)n(CCOC(=O)CCCCCCCCCC=C)c1=O. The second-order valence-electron chi connectivity index (χ2n) is 14.9. The van der Waals surface area contributed by atoms with E-state index in [4.69, 9.17) is 14.2 Å². The smallest absolute Gasteiger partial charge is 0.336 e. The Kier molecular flexibility index (Phi) is 31.6. The number of carbonyl (C=O) groups excluding carboxylic acids is 3. The minimum absolute atomic E-state index is 0.233. The molecule has 0 atom stereocenters. The Morgan fingerprint density at radius 3 is 0.807 bits per heavy atom. The van der Waals surface area contributed by atoms with E-state index in [1.807, 2.05) is 18.2 Å². The summed E-state index contributed by atoms with van der Waals surface area (Å²) in [6, 6.07) is 0. The first-order valence-corrected chi connectivity index (χ1v) is 22.0. The first-order valence-electron chi connectivity index (χ1n) is 22.0. The van der Waals surface area contributed by atoms with Crippen LogP contribution in [0, 0.1) is 0 Å². The van der Waals surface area contributed by atoms with Crippen LogP contribution in [0.15, 0.2) is 52.3 Å². The van der Waals surface area contributed by atoms with Crippen molar-refractivity contribution in [3.63, 3.8) is 0 Å². The minimum Gasteiger partial charge on any atom is -0.464 e.